The van der Waals surface area contributed by atoms with Crippen LogP contribution >= 0.6 is 11.8 Å². The number of carbonyl (C=O) groups excluding carboxylic acids is 1. The smallest absolute Gasteiger partial charge is 0.335 e. The predicted molar refractivity (Wildman–Crippen MR) is 75.3 cm³/mol. The molecule has 2 N–H and O–H groups in total. The van der Waals surface area contributed by atoms with E-state index in [9.17, 15) is 9.59 Å². The van der Waals surface area contributed by atoms with Gasteiger partial charge in [0.05, 0.1) is 11.3 Å². The third-order valence-corrected chi connectivity index (χ3v) is 4.15. The van der Waals surface area contributed by atoms with Gasteiger partial charge >= 0.3 is 5.97 Å². The van der Waals surface area contributed by atoms with E-state index in [0.29, 0.717) is 12.3 Å². The number of carbonyl (C=O) groups is 2. The van der Waals surface area contributed by atoms with Crippen molar-refractivity contribution in [3.8, 4) is 0 Å². The van der Waals surface area contributed by atoms with Crippen molar-refractivity contribution in [2.75, 3.05) is 11.5 Å². The summed E-state index contributed by atoms with van der Waals surface area (Å²) in [5.41, 5.74) is 1.17. The molecule has 0 heterocycles. The molecule has 0 bridgehead atoms. The van der Waals surface area contributed by atoms with Gasteiger partial charge in [-0.25, -0.2) is 4.79 Å². The van der Waals surface area contributed by atoms with Crippen LogP contribution in [-0.4, -0.2) is 28.5 Å². The molecule has 19 heavy (non-hydrogen) atoms. The van der Waals surface area contributed by atoms with Crippen LogP contribution in [0.15, 0.2) is 24.3 Å². The molecule has 5 heteroatoms. The van der Waals surface area contributed by atoms with Gasteiger partial charge in [-0.05, 0) is 42.2 Å². The highest BCUT2D eigenvalue weighted by atomic mass is 32.2. The van der Waals surface area contributed by atoms with E-state index in [1.165, 1.54) is 12.8 Å². The fraction of sp³-hybridized carbons (Fsp3) is 0.429. The molecule has 102 valence electrons. The SMILES string of the molecule is O=C(CSCC1CC1)NCc1ccc(C(=O)O)cc1. The van der Waals surface area contributed by atoms with Crippen LogP contribution in [0.4, 0.5) is 0 Å². The first-order valence-electron chi connectivity index (χ1n) is 6.32. The van der Waals surface area contributed by atoms with Crippen LogP contribution in [0.25, 0.3) is 0 Å². The molecular weight excluding hydrogens is 262 g/mol. The largest absolute Gasteiger partial charge is 0.478 e. The molecule has 0 atom stereocenters. The van der Waals surface area contributed by atoms with E-state index < -0.39 is 5.97 Å². The van der Waals surface area contributed by atoms with Gasteiger partial charge in [0.15, 0.2) is 0 Å². The van der Waals surface area contributed by atoms with Gasteiger partial charge in [0, 0.05) is 6.54 Å². The lowest BCUT2D eigenvalue weighted by molar-refractivity contribution is -0.118. The molecule has 0 aliphatic heterocycles. The monoisotopic (exact) mass is 279 g/mol. The quantitative estimate of drug-likeness (QED) is 0.802. The number of rotatable bonds is 7. The highest BCUT2D eigenvalue weighted by Crippen LogP contribution is 2.32. The van der Waals surface area contributed by atoms with Crippen LogP contribution in [-0.2, 0) is 11.3 Å². The normalized spacial score (nSPS) is 14.1. The molecule has 1 aliphatic carbocycles. The fourth-order valence-electron chi connectivity index (χ4n) is 1.62. The van der Waals surface area contributed by atoms with Crippen molar-refractivity contribution in [1.29, 1.82) is 0 Å². The number of thioether (sulfide) groups is 1. The zero-order valence-corrected chi connectivity index (χ0v) is 11.4. The molecule has 2 rings (SSSR count). The van der Waals surface area contributed by atoms with Gasteiger partial charge in [0.25, 0.3) is 0 Å². The van der Waals surface area contributed by atoms with Gasteiger partial charge in [-0.15, -0.1) is 0 Å². The van der Waals surface area contributed by atoms with Gasteiger partial charge in [0.2, 0.25) is 5.91 Å². The van der Waals surface area contributed by atoms with E-state index in [0.717, 1.165) is 17.2 Å². The Bertz CT molecular complexity index is 454. The van der Waals surface area contributed by atoms with Crippen molar-refractivity contribution in [2.45, 2.75) is 19.4 Å². The summed E-state index contributed by atoms with van der Waals surface area (Å²) in [6.07, 6.45) is 2.62. The number of nitrogens with one attached hydrogen (secondary N) is 1. The Hall–Kier alpha value is -1.49. The van der Waals surface area contributed by atoms with Crippen LogP contribution < -0.4 is 5.32 Å². The van der Waals surface area contributed by atoms with Gasteiger partial charge < -0.3 is 10.4 Å². The first-order chi connectivity index (χ1) is 9.15. The molecule has 0 unspecified atom stereocenters. The van der Waals surface area contributed by atoms with Crippen LogP contribution in [0.5, 0.6) is 0 Å². The second kappa shape index (κ2) is 6.61. The Morgan fingerprint density at radius 2 is 1.95 bits per heavy atom. The summed E-state index contributed by atoms with van der Waals surface area (Å²) >= 11 is 1.68. The first kappa shape index (κ1) is 13.9. The van der Waals surface area contributed by atoms with E-state index in [1.54, 1.807) is 36.0 Å². The van der Waals surface area contributed by atoms with Gasteiger partial charge in [-0.2, -0.15) is 11.8 Å². The maximum absolute atomic E-state index is 11.6. The van der Waals surface area contributed by atoms with Crippen molar-refractivity contribution in [2.24, 2.45) is 5.92 Å². The highest BCUT2D eigenvalue weighted by Gasteiger charge is 2.21. The topological polar surface area (TPSA) is 66.4 Å². The lowest BCUT2D eigenvalue weighted by Crippen LogP contribution is -2.24. The molecule has 1 aliphatic rings. The van der Waals surface area contributed by atoms with Crippen molar-refractivity contribution < 1.29 is 14.7 Å². The Morgan fingerprint density at radius 3 is 2.53 bits per heavy atom. The van der Waals surface area contributed by atoms with Crippen molar-refractivity contribution in [3.05, 3.63) is 35.4 Å². The van der Waals surface area contributed by atoms with Crippen LogP contribution in [0.3, 0.4) is 0 Å². The number of hydrogen-bond acceptors (Lipinski definition) is 3. The molecular formula is C14H17NO3S. The predicted octanol–water partition coefficient (Wildman–Crippen LogP) is 2.14. The number of benzene rings is 1. The first-order valence-corrected chi connectivity index (χ1v) is 7.47. The minimum Gasteiger partial charge on any atom is -0.478 e. The molecule has 0 radical (unpaired) electrons. The average Bonchev–Trinajstić information content (AvgIpc) is 3.21. The van der Waals surface area contributed by atoms with Gasteiger partial charge in [-0.3, -0.25) is 4.79 Å². The second-order valence-electron chi connectivity index (χ2n) is 4.74. The molecule has 1 fully saturated rings. The van der Waals surface area contributed by atoms with E-state index in [1.807, 2.05) is 0 Å². The van der Waals surface area contributed by atoms with Crippen molar-refractivity contribution >= 4 is 23.6 Å². The molecule has 1 aromatic rings. The summed E-state index contributed by atoms with van der Waals surface area (Å²) in [5.74, 6) is 1.52. The zero-order chi connectivity index (χ0) is 13.7. The third kappa shape index (κ3) is 4.95. The summed E-state index contributed by atoms with van der Waals surface area (Å²) < 4.78 is 0. The van der Waals surface area contributed by atoms with Crippen LogP contribution in [0.1, 0.15) is 28.8 Å². The fourth-order valence-corrected chi connectivity index (χ4v) is 2.69. The molecule has 0 aromatic heterocycles. The summed E-state index contributed by atoms with van der Waals surface area (Å²) in [6, 6.07) is 6.54. The third-order valence-electron chi connectivity index (χ3n) is 2.97. The Labute approximate surface area is 116 Å². The zero-order valence-electron chi connectivity index (χ0n) is 10.6. The van der Waals surface area contributed by atoms with Gasteiger partial charge in [0.1, 0.15) is 0 Å². The molecule has 1 saturated carbocycles. The lowest BCUT2D eigenvalue weighted by Gasteiger charge is -2.05. The number of carboxylic acids is 1. The van der Waals surface area contributed by atoms with Crippen molar-refractivity contribution in [3.63, 3.8) is 0 Å². The molecule has 1 aromatic carbocycles. The van der Waals surface area contributed by atoms with Crippen molar-refractivity contribution in [1.82, 2.24) is 5.32 Å². The maximum Gasteiger partial charge on any atom is 0.335 e. The number of aromatic carboxylic acids is 1. The Balaban J connectivity index is 1.68. The minimum absolute atomic E-state index is 0.0351. The summed E-state index contributed by atoms with van der Waals surface area (Å²) in [6.45, 7) is 0.447. The standard InChI is InChI=1S/C14H17NO3S/c16-13(9-19-8-11-1-2-11)15-7-10-3-5-12(6-4-10)14(17)18/h3-6,11H,1-2,7-9H2,(H,15,16)(H,17,18). The number of hydrogen-bond donors (Lipinski definition) is 2. The molecule has 0 spiro atoms. The summed E-state index contributed by atoms with van der Waals surface area (Å²) in [4.78, 5) is 22.3. The van der Waals surface area contributed by atoms with Crippen LogP contribution in [0.2, 0.25) is 0 Å². The van der Waals surface area contributed by atoms with Crippen LogP contribution in [0, 0.1) is 5.92 Å². The molecule has 0 saturated heterocycles. The second-order valence-corrected chi connectivity index (χ2v) is 5.77. The maximum atomic E-state index is 11.6. The average molecular weight is 279 g/mol. The Morgan fingerprint density at radius 1 is 1.26 bits per heavy atom. The van der Waals surface area contributed by atoms with E-state index >= 15 is 0 Å². The summed E-state index contributed by atoms with van der Waals surface area (Å²) in [5, 5.41) is 11.6. The van der Waals surface area contributed by atoms with E-state index in [2.05, 4.69) is 5.32 Å². The number of carboxylic acid groups (broad SMARTS) is 1. The van der Waals surface area contributed by atoms with Gasteiger partial charge in [-0.1, -0.05) is 12.1 Å². The molecule has 1 amide bonds. The Kier molecular flexibility index (Phi) is 4.85. The highest BCUT2D eigenvalue weighted by molar-refractivity contribution is 7.99. The van der Waals surface area contributed by atoms with E-state index in [-0.39, 0.29) is 11.5 Å². The number of amides is 1. The summed E-state index contributed by atoms with van der Waals surface area (Å²) in [7, 11) is 0. The minimum atomic E-state index is -0.938. The lowest BCUT2D eigenvalue weighted by atomic mass is 10.1. The molecule has 4 nitrogen and oxygen atoms in total. The van der Waals surface area contributed by atoms with E-state index in [4.69, 9.17) is 5.11 Å².